The third kappa shape index (κ3) is 3.78. The van der Waals surface area contributed by atoms with Gasteiger partial charge in [-0.25, -0.2) is 0 Å². The molecule has 0 amide bonds. The Kier molecular flexibility index (Phi) is 6.15. The van der Waals surface area contributed by atoms with Crippen molar-refractivity contribution in [1.82, 2.24) is 0 Å². The minimum Gasteiger partial charge on any atom is -0.463 e. The zero-order chi connectivity index (χ0) is 26.3. The summed E-state index contributed by atoms with van der Waals surface area (Å²) in [5.41, 5.74) is 0.556. The van der Waals surface area contributed by atoms with E-state index in [9.17, 15) is 9.59 Å². The maximum Gasteiger partial charge on any atom is 0.307 e. The maximum atomic E-state index is 12.0. The van der Waals surface area contributed by atoms with Crippen molar-refractivity contribution < 1.29 is 28.5 Å². The lowest BCUT2D eigenvalue weighted by Crippen LogP contribution is -2.55. The van der Waals surface area contributed by atoms with Crippen LogP contribution in [0.15, 0.2) is 11.8 Å². The minimum absolute atomic E-state index is 0.106. The van der Waals surface area contributed by atoms with Crippen LogP contribution in [0.2, 0.25) is 0 Å². The first-order valence-corrected chi connectivity index (χ1v) is 14.9. The van der Waals surface area contributed by atoms with E-state index in [-0.39, 0.29) is 41.4 Å². The fourth-order valence-corrected chi connectivity index (χ4v) is 10.6. The largest absolute Gasteiger partial charge is 0.463 e. The van der Waals surface area contributed by atoms with E-state index in [0.717, 1.165) is 31.1 Å². The van der Waals surface area contributed by atoms with E-state index in [1.165, 1.54) is 39.0 Å². The molecule has 0 radical (unpaired) electrons. The standard InChI is InChI=1S/C31H46O6/c1-17-13-27(36-20(4)33)31(34-16-17)18(2)28-26(37-31)15-25-23-8-7-21-14-22(35-19(3)32)9-11-29(21,5)24(23)10-12-30(25,28)6/h13,17-18,21-26,28H,7-12,14-16H2,1-6H3. The van der Waals surface area contributed by atoms with Crippen molar-refractivity contribution in [3.8, 4) is 0 Å². The van der Waals surface area contributed by atoms with Crippen LogP contribution in [0.25, 0.3) is 0 Å². The van der Waals surface area contributed by atoms with E-state index < -0.39 is 5.79 Å². The molecule has 0 aromatic carbocycles. The van der Waals surface area contributed by atoms with Crippen molar-refractivity contribution in [3.63, 3.8) is 0 Å². The summed E-state index contributed by atoms with van der Waals surface area (Å²) in [5, 5.41) is 0. The molecule has 4 saturated carbocycles. The lowest BCUT2D eigenvalue weighted by molar-refractivity contribution is -0.251. The number of carbonyl (C=O) groups excluding carboxylic acids is 2. The van der Waals surface area contributed by atoms with Crippen molar-refractivity contribution in [1.29, 1.82) is 0 Å². The van der Waals surface area contributed by atoms with Crippen molar-refractivity contribution in [2.75, 3.05) is 6.61 Å². The molecule has 5 fully saturated rings. The van der Waals surface area contributed by atoms with Gasteiger partial charge in [0.2, 0.25) is 5.79 Å². The topological polar surface area (TPSA) is 71.1 Å². The summed E-state index contributed by atoms with van der Waals surface area (Å²) in [6.45, 7) is 13.0. The molecule has 6 aliphatic rings. The Labute approximate surface area is 222 Å². The van der Waals surface area contributed by atoms with Crippen molar-refractivity contribution in [2.24, 2.45) is 52.3 Å². The molecule has 6 nitrogen and oxygen atoms in total. The lowest BCUT2D eigenvalue weighted by Gasteiger charge is -2.61. The van der Waals surface area contributed by atoms with E-state index >= 15 is 0 Å². The van der Waals surface area contributed by atoms with Gasteiger partial charge in [-0.15, -0.1) is 0 Å². The normalized spacial score (nSPS) is 52.4. The molecule has 6 rings (SSSR count). The summed E-state index contributed by atoms with van der Waals surface area (Å²) in [4.78, 5) is 23.6. The third-order valence-electron chi connectivity index (χ3n) is 12.1. The highest BCUT2D eigenvalue weighted by molar-refractivity contribution is 5.67. The second-order valence-corrected chi connectivity index (χ2v) is 14.0. The third-order valence-corrected chi connectivity index (χ3v) is 12.1. The second-order valence-electron chi connectivity index (χ2n) is 14.0. The van der Waals surface area contributed by atoms with Crippen LogP contribution in [0, 0.1) is 52.3 Å². The number of hydrogen-bond donors (Lipinski definition) is 0. The Bertz CT molecular complexity index is 990. The van der Waals surface area contributed by atoms with E-state index in [1.54, 1.807) is 6.92 Å². The predicted molar refractivity (Wildman–Crippen MR) is 138 cm³/mol. The monoisotopic (exact) mass is 514 g/mol. The zero-order valence-electron chi connectivity index (χ0n) is 23.6. The number of ether oxygens (including phenoxy) is 4. The molecule has 1 saturated heterocycles. The first kappa shape index (κ1) is 25.9. The Hall–Kier alpha value is -1.40. The van der Waals surface area contributed by atoms with Gasteiger partial charge < -0.3 is 18.9 Å². The summed E-state index contributed by atoms with van der Waals surface area (Å²) in [5.74, 6) is 2.72. The van der Waals surface area contributed by atoms with Crippen LogP contribution in [-0.4, -0.2) is 36.5 Å². The molecule has 0 bridgehead atoms. The smallest absolute Gasteiger partial charge is 0.307 e. The summed E-state index contributed by atoms with van der Waals surface area (Å²) < 4.78 is 24.7. The van der Waals surface area contributed by atoms with Gasteiger partial charge in [0.25, 0.3) is 0 Å². The van der Waals surface area contributed by atoms with Gasteiger partial charge in [0.1, 0.15) is 6.10 Å². The lowest BCUT2D eigenvalue weighted by atomic mass is 9.44. The molecule has 12 atom stereocenters. The van der Waals surface area contributed by atoms with E-state index in [1.807, 2.05) is 6.08 Å². The number of hydrogen-bond acceptors (Lipinski definition) is 6. The minimum atomic E-state index is -0.933. The van der Waals surface area contributed by atoms with Crippen LogP contribution >= 0.6 is 0 Å². The van der Waals surface area contributed by atoms with Gasteiger partial charge in [-0.1, -0.05) is 27.7 Å². The summed E-state index contributed by atoms with van der Waals surface area (Å²) in [7, 11) is 0. The molecule has 0 aromatic heterocycles. The van der Waals surface area contributed by atoms with Gasteiger partial charge in [-0.05, 0) is 97.9 Å². The summed E-state index contributed by atoms with van der Waals surface area (Å²) >= 11 is 0. The van der Waals surface area contributed by atoms with E-state index in [2.05, 4.69) is 27.7 Å². The van der Waals surface area contributed by atoms with Crippen molar-refractivity contribution >= 4 is 11.9 Å². The van der Waals surface area contributed by atoms with Crippen LogP contribution in [0.3, 0.4) is 0 Å². The second kappa shape index (κ2) is 8.81. The first-order valence-electron chi connectivity index (χ1n) is 14.9. The summed E-state index contributed by atoms with van der Waals surface area (Å²) in [6.07, 6.45) is 11.6. The highest BCUT2D eigenvalue weighted by Crippen LogP contribution is 2.71. The molecule has 0 N–H and O–H groups in total. The van der Waals surface area contributed by atoms with Crippen LogP contribution in [0.4, 0.5) is 0 Å². The summed E-state index contributed by atoms with van der Waals surface area (Å²) in [6, 6.07) is 0. The molecule has 12 unspecified atom stereocenters. The van der Waals surface area contributed by atoms with Gasteiger partial charge in [0.15, 0.2) is 5.76 Å². The van der Waals surface area contributed by atoms with Gasteiger partial charge in [0.05, 0.1) is 12.7 Å². The number of fused-ring (bicyclic) bond motifs is 7. The molecule has 0 aromatic rings. The van der Waals surface area contributed by atoms with E-state index in [0.29, 0.717) is 35.5 Å². The molecule has 1 spiro atoms. The Morgan fingerprint density at radius 3 is 2.43 bits per heavy atom. The maximum absolute atomic E-state index is 12.0. The Balaban J connectivity index is 1.24. The van der Waals surface area contributed by atoms with Gasteiger partial charge in [-0.2, -0.15) is 0 Å². The highest BCUT2D eigenvalue weighted by Gasteiger charge is 2.70. The molecule has 206 valence electrons. The Morgan fingerprint density at radius 2 is 1.70 bits per heavy atom. The fraction of sp³-hybridized carbons (Fsp3) is 0.871. The van der Waals surface area contributed by atoms with Crippen LogP contribution in [0.1, 0.15) is 92.9 Å². The van der Waals surface area contributed by atoms with Crippen molar-refractivity contribution in [3.05, 3.63) is 11.8 Å². The van der Waals surface area contributed by atoms with Gasteiger partial charge in [-0.3, -0.25) is 9.59 Å². The molecule has 2 heterocycles. The molecule has 6 heteroatoms. The van der Waals surface area contributed by atoms with Crippen LogP contribution in [-0.2, 0) is 28.5 Å². The van der Waals surface area contributed by atoms with Gasteiger partial charge >= 0.3 is 11.9 Å². The van der Waals surface area contributed by atoms with Crippen LogP contribution < -0.4 is 0 Å². The molecular formula is C31H46O6. The molecule has 2 aliphatic heterocycles. The van der Waals surface area contributed by atoms with Crippen LogP contribution in [0.5, 0.6) is 0 Å². The van der Waals surface area contributed by atoms with E-state index in [4.69, 9.17) is 18.9 Å². The highest BCUT2D eigenvalue weighted by atomic mass is 16.7. The van der Waals surface area contributed by atoms with Gasteiger partial charge in [0, 0.05) is 25.7 Å². The Morgan fingerprint density at radius 1 is 0.946 bits per heavy atom. The number of rotatable bonds is 2. The molecule has 4 aliphatic carbocycles. The quantitative estimate of drug-likeness (QED) is 0.419. The molecular weight excluding hydrogens is 468 g/mol. The zero-order valence-corrected chi connectivity index (χ0v) is 23.6. The average Bonchev–Trinajstić information content (AvgIpc) is 3.27. The predicted octanol–water partition coefficient (Wildman–Crippen LogP) is 6.03. The van der Waals surface area contributed by atoms with Crippen molar-refractivity contribution in [2.45, 2.75) is 111 Å². The fourth-order valence-electron chi connectivity index (χ4n) is 10.6. The number of carbonyl (C=O) groups is 2. The first-order chi connectivity index (χ1) is 17.5. The SMILES string of the molecule is CC(=O)OC1=CC(C)COC12OC1CC3C4CCC5CC(OC(C)=O)CCC5(C)C4CCC3(C)C1C2C. The average molecular weight is 515 g/mol. The number of esters is 2. The molecule has 37 heavy (non-hydrogen) atoms.